The Morgan fingerprint density at radius 2 is 2.15 bits per heavy atom. The van der Waals surface area contributed by atoms with Gasteiger partial charge in [0.2, 0.25) is 0 Å². The van der Waals surface area contributed by atoms with E-state index in [9.17, 15) is 4.79 Å². The molecule has 20 heavy (non-hydrogen) atoms. The first-order chi connectivity index (χ1) is 9.63. The van der Waals surface area contributed by atoms with Crippen molar-refractivity contribution in [3.05, 3.63) is 29.8 Å². The van der Waals surface area contributed by atoms with Crippen LogP contribution < -0.4 is 10.3 Å². The van der Waals surface area contributed by atoms with Gasteiger partial charge >= 0.3 is 0 Å². The number of carbonyl (C=O) groups excluding carboxylic acids is 1. The van der Waals surface area contributed by atoms with Crippen molar-refractivity contribution in [1.82, 2.24) is 5.32 Å². The molecule has 1 aliphatic heterocycles. The standard InChI is InChI=1S/C15H21N3O2/c1-3-13(10-19)16-15(20)12-4-6-14(7-5-12)18-9-8-11(2)17-18/h4-7,13,19H,3,8-10H2,1-2H3,(H,16,20). The Balaban J connectivity index is 2.02. The van der Waals surface area contributed by atoms with Gasteiger partial charge in [-0.15, -0.1) is 0 Å². The molecular formula is C15H21N3O2. The van der Waals surface area contributed by atoms with Gasteiger partial charge in [-0.05, 0) is 37.6 Å². The first-order valence-electron chi connectivity index (χ1n) is 6.97. The van der Waals surface area contributed by atoms with Crippen LogP contribution in [0.3, 0.4) is 0 Å². The number of hydrogen-bond donors (Lipinski definition) is 2. The number of amides is 1. The van der Waals surface area contributed by atoms with Gasteiger partial charge in [0.25, 0.3) is 5.91 Å². The van der Waals surface area contributed by atoms with E-state index in [1.54, 1.807) is 12.1 Å². The van der Waals surface area contributed by atoms with Gasteiger partial charge in [-0.3, -0.25) is 9.80 Å². The molecule has 1 amide bonds. The molecule has 0 radical (unpaired) electrons. The minimum Gasteiger partial charge on any atom is -0.394 e. The van der Waals surface area contributed by atoms with Crippen LogP contribution in [0.25, 0.3) is 0 Å². The lowest BCUT2D eigenvalue weighted by Gasteiger charge is -2.16. The summed E-state index contributed by atoms with van der Waals surface area (Å²) in [6.07, 6.45) is 1.69. The Morgan fingerprint density at radius 3 is 2.65 bits per heavy atom. The Kier molecular flexibility index (Phi) is 4.74. The summed E-state index contributed by atoms with van der Waals surface area (Å²) in [4.78, 5) is 12.0. The number of rotatable bonds is 5. The van der Waals surface area contributed by atoms with Gasteiger partial charge in [0, 0.05) is 24.2 Å². The highest BCUT2D eigenvalue weighted by Gasteiger charge is 2.14. The highest BCUT2D eigenvalue weighted by atomic mass is 16.3. The highest BCUT2D eigenvalue weighted by Crippen LogP contribution is 2.19. The van der Waals surface area contributed by atoms with E-state index in [4.69, 9.17) is 5.11 Å². The molecule has 0 fully saturated rings. The third kappa shape index (κ3) is 3.36. The third-order valence-corrected chi connectivity index (χ3v) is 3.45. The summed E-state index contributed by atoms with van der Waals surface area (Å²) in [6.45, 7) is 4.79. The van der Waals surface area contributed by atoms with Crippen molar-refractivity contribution in [2.45, 2.75) is 32.7 Å². The van der Waals surface area contributed by atoms with E-state index in [1.807, 2.05) is 31.0 Å². The normalized spacial score (nSPS) is 15.9. The van der Waals surface area contributed by atoms with Crippen molar-refractivity contribution in [2.24, 2.45) is 5.10 Å². The van der Waals surface area contributed by atoms with E-state index in [-0.39, 0.29) is 18.6 Å². The van der Waals surface area contributed by atoms with Crippen LogP contribution in [0.1, 0.15) is 37.0 Å². The summed E-state index contributed by atoms with van der Waals surface area (Å²) < 4.78 is 0. The summed E-state index contributed by atoms with van der Waals surface area (Å²) in [5, 5.41) is 18.3. The Hall–Kier alpha value is -1.88. The molecule has 0 aromatic heterocycles. The largest absolute Gasteiger partial charge is 0.394 e. The lowest BCUT2D eigenvalue weighted by atomic mass is 10.1. The lowest BCUT2D eigenvalue weighted by Crippen LogP contribution is -2.36. The Labute approximate surface area is 119 Å². The molecule has 2 N–H and O–H groups in total. The van der Waals surface area contributed by atoms with Crippen LogP contribution in [-0.4, -0.2) is 35.9 Å². The lowest BCUT2D eigenvalue weighted by molar-refractivity contribution is 0.0915. The van der Waals surface area contributed by atoms with Crippen LogP contribution in [0.4, 0.5) is 5.69 Å². The quantitative estimate of drug-likeness (QED) is 0.861. The Morgan fingerprint density at radius 1 is 1.45 bits per heavy atom. The fourth-order valence-corrected chi connectivity index (χ4v) is 2.09. The van der Waals surface area contributed by atoms with Crippen LogP contribution in [-0.2, 0) is 0 Å². The minimum absolute atomic E-state index is 0.0396. The molecule has 1 heterocycles. The average molecular weight is 275 g/mol. The number of hydrogen-bond acceptors (Lipinski definition) is 4. The van der Waals surface area contributed by atoms with Crippen LogP contribution in [0, 0.1) is 0 Å². The molecule has 0 bridgehead atoms. The molecule has 5 nitrogen and oxygen atoms in total. The maximum absolute atomic E-state index is 12.0. The van der Waals surface area contributed by atoms with E-state index < -0.39 is 0 Å². The maximum atomic E-state index is 12.0. The summed E-state index contributed by atoms with van der Waals surface area (Å²) >= 11 is 0. The van der Waals surface area contributed by atoms with Gasteiger partial charge in [-0.2, -0.15) is 5.10 Å². The molecule has 0 aliphatic carbocycles. The molecule has 108 valence electrons. The van der Waals surface area contributed by atoms with Crippen molar-refractivity contribution < 1.29 is 9.90 Å². The number of nitrogens with zero attached hydrogens (tertiary/aromatic N) is 2. The molecule has 1 atom stereocenters. The molecule has 0 saturated carbocycles. The fraction of sp³-hybridized carbons (Fsp3) is 0.467. The van der Waals surface area contributed by atoms with E-state index in [0.29, 0.717) is 12.0 Å². The SMILES string of the molecule is CCC(CO)NC(=O)c1ccc(N2CCC(C)=N2)cc1. The first kappa shape index (κ1) is 14.5. The van der Waals surface area contributed by atoms with Crippen molar-refractivity contribution in [3.63, 3.8) is 0 Å². The zero-order valence-corrected chi connectivity index (χ0v) is 12.0. The van der Waals surface area contributed by atoms with Crippen LogP contribution in [0.2, 0.25) is 0 Å². The predicted octanol–water partition coefficient (Wildman–Crippen LogP) is 1.77. The van der Waals surface area contributed by atoms with Gasteiger partial charge in [0.05, 0.1) is 18.3 Å². The molecule has 5 heteroatoms. The van der Waals surface area contributed by atoms with E-state index in [0.717, 1.165) is 24.4 Å². The maximum Gasteiger partial charge on any atom is 0.251 e. The highest BCUT2D eigenvalue weighted by molar-refractivity contribution is 5.94. The molecule has 1 aromatic carbocycles. The van der Waals surface area contributed by atoms with E-state index >= 15 is 0 Å². The average Bonchev–Trinajstić information content (AvgIpc) is 2.91. The minimum atomic E-state index is -0.187. The first-order valence-corrected chi connectivity index (χ1v) is 6.97. The number of aliphatic hydroxyl groups excluding tert-OH is 1. The number of nitrogens with one attached hydrogen (secondary N) is 1. The summed E-state index contributed by atoms with van der Waals surface area (Å²) in [5.41, 5.74) is 2.72. The van der Waals surface area contributed by atoms with Crippen molar-refractivity contribution in [1.29, 1.82) is 0 Å². The third-order valence-electron chi connectivity index (χ3n) is 3.45. The number of hydrazone groups is 1. The summed E-state index contributed by atoms with van der Waals surface area (Å²) in [5.74, 6) is -0.154. The molecule has 0 spiro atoms. The smallest absolute Gasteiger partial charge is 0.251 e. The number of carbonyl (C=O) groups is 1. The second-order valence-corrected chi connectivity index (χ2v) is 5.02. The topological polar surface area (TPSA) is 64.9 Å². The molecular weight excluding hydrogens is 254 g/mol. The second kappa shape index (κ2) is 6.52. The van der Waals surface area contributed by atoms with Crippen LogP contribution in [0.5, 0.6) is 0 Å². The van der Waals surface area contributed by atoms with Crippen molar-refractivity contribution in [3.8, 4) is 0 Å². The number of aliphatic hydroxyl groups is 1. The second-order valence-electron chi connectivity index (χ2n) is 5.02. The molecule has 1 unspecified atom stereocenters. The summed E-state index contributed by atoms with van der Waals surface area (Å²) in [7, 11) is 0. The van der Waals surface area contributed by atoms with Gasteiger partial charge in [0.15, 0.2) is 0 Å². The zero-order valence-electron chi connectivity index (χ0n) is 12.0. The number of benzene rings is 1. The van der Waals surface area contributed by atoms with Gasteiger partial charge in [-0.25, -0.2) is 0 Å². The monoisotopic (exact) mass is 275 g/mol. The van der Waals surface area contributed by atoms with Gasteiger partial charge in [0.1, 0.15) is 0 Å². The summed E-state index contributed by atoms with van der Waals surface area (Å²) in [6, 6.07) is 7.19. The molecule has 0 saturated heterocycles. The zero-order chi connectivity index (χ0) is 14.5. The van der Waals surface area contributed by atoms with Crippen LogP contribution in [0.15, 0.2) is 29.4 Å². The van der Waals surface area contributed by atoms with Crippen LogP contribution >= 0.6 is 0 Å². The van der Waals surface area contributed by atoms with Gasteiger partial charge < -0.3 is 10.4 Å². The Bertz CT molecular complexity index is 492. The fourth-order valence-electron chi connectivity index (χ4n) is 2.09. The predicted molar refractivity (Wildman–Crippen MR) is 80.1 cm³/mol. The molecule has 1 aromatic rings. The number of anilines is 1. The van der Waals surface area contributed by atoms with E-state index in [1.165, 1.54) is 0 Å². The van der Waals surface area contributed by atoms with E-state index in [2.05, 4.69) is 10.4 Å². The van der Waals surface area contributed by atoms with Crippen molar-refractivity contribution >= 4 is 17.3 Å². The molecule has 2 rings (SSSR count). The molecule has 1 aliphatic rings. The van der Waals surface area contributed by atoms with Gasteiger partial charge in [-0.1, -0.05) is 6.92 Å². The van der Waals surface area contributed by atoms with Crippen molar-refractivity contribution in [2.75, 3.05) is 18.2 Å².